The number of rotatable bonds is 9. The number of benzene rings is 2. The summed E-state index contributed by atoms with van der Waals surface area (Å²) in [6.45, 7) is 9.96. The molecule has 0 amide bonds. The third-order valence-electron chi connectivity index (χ3n) is 7.07. The number of hydrogen-bond donors (Lipinski definition) is 2. The predicted molar refractivity (Wildman–Crippen MR) is 160 cm³/mol. The van der Waals surface area contributed by atoms with Crippen molar-refractivity contribution in [2.24, 2.45) is 11.8 Å². The summed E-state index contributed by atoms with van der Waals surface area (Å²) < 4.78 is 32.1. The number of nitrogens with one attached hydrogen (secondary N) is 2. The molecule has 0 spiro atoms. The third-order valence-corrected chi connectivity index (χ3v) is 8.99. The van der Waals surface area contributed by atoms with Crippen LogP contribution in [0.15, 0.2) is 60.9 Å². The summed E-state index contributed by atoms with van der Waals surface area (Å²) in [5.41, 5.74) is 3.14. The van der Waals surface area contributed by atoms with E-state index in [1.807, 2.05) is 69.3 Å². The normalized spacial score (nSPS) is 17.7. The molecule has 2 atom stereocenters. The van der Waals surface area contributed by atoms with Crippen LogP contribution in [0.3, 0.4) is 0 Å². The molecular formula is C31H37N5O3S. The molecule has 2 N–H and O–H groups in total. The van der Waals surface area contributed by atoms with Crippen LogP contribution in [0.25, 0.3) is 22.0 Å². The van der Waals surface area contributed by atoms with Crippen molar-refractivity contribution in [1.82, 2.24) is 20.3 Å². The van der Waals surface area contributed by atoms with E-state index in [1.54, 1.807) is 12.4 Å². The fraction of sp³-hybridized carbons (Fsp3) is 0.387. The van der Waals surface area contributed by atoms with Crippen molar-refractivity contribution in [3.63, 3.8) is 0 Å². The zero-order valence-corrected chi connectivity index (χ0v) is 24.3. The van der Waals surface area contributed by atoms with Gasteiger partial charge in [0, 0.05) is 30.4 Å². The molecule has 4 aromatic rings. The number of ether oxygens (including phenoxy) is 1. The van der Waals surface area contributed by atoms with Crippen molar-refractivity contribution in [3.05, 3.63) is 72.1 Å². The summed E-state index contributed by atoms with van der Waals surface area (Å²) in [6.07, 6.45) is 4.50. The number of nitrogens with zero attached hydrogens (tertiary/aromatic N) is 3. The first-order valence-electron chi connectivity index (χ1n) is 13.8. The highest BCUT2D eigenvalue weighted by Gasteiger charge is 2.21. The molecule has 3 heterocycles. The average molecular weight is 560 g/mol. The second kappa shape index (κ2) is 11.9. The first-order valence-corrected chi connectivity index (χ1v) is 15.7. The number of piperidine rings is 1. The third kappa shape index (κ3) is 6.59. The van der Waals surface area contributed by atoms with E-state index < -0.39 is 9.84 Å². The monoisotopic (exact) mass is 559 g/mol. The molecule has 8 nitrogen and oxygen atoms in total. The molecule has 0 unspecified atom stereocenters. The molecule has 210 valence electrons. The topological polar surface area (TPSA) is 106 Å². The van der Waals surface area contributed by atoms with Crippen LogP contribution in [-0.2, 0) is 15.6 Å². The van der Waals surface area contributed by atoms with Gasteiger partial charge in [-0.05, 0) is 66.4 Å². The van der Waals surface area contributed by atoms with Gasteiger partial charge in [-0.15, -0.1) is 0 Å². The van der Waals surface area contributed by atoms with Crippen LogP contribution in [0, 0.1) is 18.8 Å². The number of pyridine rings is 1. The van der Waals surface area contributed by atoms with Crippen LogP contribution in [0.1, 0.15) is 38.3 Å². The van der Waals surface area contributed by atoms with Crippen LogP contribution in [0.2, 0.25) is 0 Å². The minimum atomic E-state index is -3.25. The summed E-state index contributed by atoms with van der Waals surface area (Å²) >= 11 is 0. The Morgan fingerprint density at radius 2 is 1.88 bits per heavy atom. The van der Waals surface area contributed by atoms with Crippen LogP contribution < -0.4 is 15.4 Å². The molecular weight excluding hydrogens is 522 g/mol. The van der Waals surface area contributed by atoms with Gasteiger partial charge >= 0.3 is 0 Å². The molecule has 1 saturated heterocycles. The lowest BCUT2D eigenvalue weighted by atomic mass is 9.98. The van der Waals surface area contributed by atoms with Gasteiger partial charge in [0.05, 0.1) is 22.8 Å². The fourth-order valence-corrected chi connectivity index (χ4v) is 7.22. The Morgan fingerprint density at radius 3 is 2.67 bits per heavy atom. The number of hydrogen-bond acceptors (Lipinski definition) is 8. The standard InChI is InChI=1S/C31H37N5O3S/c1-20(2)18-40(37,38)19-23-7-5-8-26-25(23)11-10-22(4)29(26)39-30-27(9-6-13-33-30)28-12-14-34-31(36-28)35-24-15-21(3)16-32-17-24/h5-14,20-21,24,32H,15-19H2,1-4H3,(H,34,35,36)/t21-,24+/m1/s1. The summed E-state index contributed by atoms with van der Waals surface area (Å²) in [5, 5.41) is 8.62. The van der Waals surface area contributed by atoms with Gasteiger partial charge in [0.15, 0.2) is 9.84 Å². The fourth-order valence-electron chi connectivity index (χ4n) is 5.36. The van der Waals surface area contributed by atoms with Gasteiger partial charge in [-0.2, -0.15) is 0 Å². The van der Waals surface area contributed by atoms with Crippen LogP contribution in [0.4, 0.5) is 5.95 Å². The van der Waals surface area contributed by atoms with Crippen molar-refractivity contribution < 1.29 is 13.2 Å². The highest BCUT2D eigenvalue weighted by molar-refractivity contribution is 7.90. The quantitative estimate of drug-likeness (QED) is 0.266. The number of sulfone groups is 1. The molecule has 2 aromatic carbocycles. The minimum Gasteiger partial charge on any atom is -0.437 e. The zero-order chi connectivity index (χ0) is 28.3. The summed E-state index contributed by atoms with van der Waals surface area (Å²) in [4.78, 5) is 13.8. The smallest absolute Gasteiger partial charge is 0.228 e. The Balaban J connectivity index is 1.47. The first kappa shape index (κ1) is 28.0. The van der Waals surface area contributed by atoms with Crippen molar-refractivity contribution in [2.75, 3.05) is 24.2 Å². The van der Waals surface area contributed by atoms with E-state index in [-0.39, 0.29) is 23.5 Å². The molecule has 5 rings (SSSR count). The van der Waals surface area contributed by atoms with E-state index in [9.17, 15) is 8.42 Å². The first-order chi connectivity index (χ1) is 19.2. The Hall–Kier alpha value is -3.56. The van der Waals surface area contributed by atoms with Crippen LogP contribution >= 0.6 is 0 Å². The Morgan fingerprint density at radius 1 is 1.02 bits per heavy atom. The van der Waals surface area contributed by atoms with E-state index in [2.05, 4.69) is 27.5 Å². The van der Waals surface area contributed by atoms with Gasteiger partial charge in [0.2, 0.25) is 11.8 Å². The minimum absolute atomic E-state index is 0.00807. The Kier molecular flexibility index (Phi) is 8.32. The van der Waals surface area contributed by atoms with E-state index in [4.69, 9.17) is 9.72 Å². The summed E-state index contributed by atoms with van der Waals surface area (Å²) in [6, 6.07) is 15.6. The van der Waals surface area contributed by atoms with E-state index >= 15 is 0 Å². The van der Waals surface area contributed by atoms with Crippen LogP contribution in [0.5, 0.6) is 11.6 Å². The maximum Gasteiger partial charge on any atom is 0.228 e. The second-order valence-electron chi connectivity index (χ2n) is 11.2. The highest BCUT2D eigenvalue weighted by atomic mass is 32.2. The van der Waals surface area contributed by atoms with Crippen molar-refractivity contribution in [1.29, 1.82) is 0 Å². The molecule has 9 heteroatoms. The molecule has 1 fully saturated rings. The number of anilines is 1. The lowest BCUT2D eigenvalue weighted by Gasteiger charge is -2.28. The van der Waals surface area contributed by atoms with Gasteiger partial charge in [-0.3, -0.25) is 0 Å². The zero-order valence-electron chi connectivity index (χ0n) is 23.5. The molecule has 1 aliphatic rings. The van der Waals surface area contributed by atoms with Gasteiger partial charge in [-0.25, -0.2) is 23.4 Å². The van der Waals surface area contributed by atoms with Crippen LogP contribution in [-0.4, -0.2) is 48.3 Å². The van der Waals surface area contributed by atoms with Gasteiger partial charge in [-0.1, -0.05) is 51.1 Å². The lowest BCUT2D eigenvalue weighted by molar-refractivity contribution is 0.377. The number of fused-ring (bicyclic) bond motifs is 1. The Labute approximate surface area is 236 Å². The molecule has 0 saturated carbocycles. The van der Waals surface area contributed by atoms with E-state index in [0.717, 1.165) is 47.0 Å². The van der Waals surface area contributed by atoms with Gasteiger partial charge in [0.25, 0.3) is 0 Å². The SMILES string of the molecule is Cc1ccc2c(CS(=O)(=O)CC(C)C)cccc2c1Oc1ncccc1-c1ccnc(N[C@@H]2CNC[C@H](C)C2)n1. The maximum atomic E-state index is 12.8. The molecule has 0 aliphatic carbocycles. The van der Waals surface area contributed by atoms with Crippen molar-refractivity contribution in [2.45, 2.75) is 45.9 Å². The number of aryl methyl sites for hydroxylation is 1. The van der Waals surface area contributed by atoms with Crippen molar-refractivity contribution in [3.8, 4) is 22.9 Å². The summed E-state index contributed by atoms with van der Waals surface area (Å²) in [7, 11) is -3.25. The highest BCUT2D eigenvalue weighted by Crippen LogP contribution is 2.38. The second-order valence-corrected chi connectivity index (χ2v) is 13.3. The van der Waals surface area contributed by atoms with Gasteiger partial charge < -0.3 is 15.4 Å². The molecule has 2 aromatic heterocycles. The average Bonchev–Trinajstić information content (AvgIpc) is 2.90. The predicted octanol–water partition coefficient (Wildman–Crippen LogP) is 5.77. The number of aromatic nitrogens is 3. The molecule has 40 heavy (non-hydrogen) atoms. The van der Waals surface area contributed by atoms with Gasteiger partial charge in [0.1, 0.15) is 5.75 Å². The molecule has 0 radical (unpaired) electrons. The lowest BCUT2D eigenvalue weighted by Crippen LogP contribution is -2.42. The summed E-state index contributed by atoms with van der Waals surface area (Å²) in [5.74, 6) is 2.45. The van der Waals surface area contributed by atoms with Crippen molar-refractivity contribution >= 4 is 26.6 Å². The molecule has 1 aliphatic heterocycles. The Bertz CT molecular complexity index is 1610. The molecule has 0 bridgehead atoms. The van der Waals surface area contributed by atoms with E-state index in [0.29, 0.717) is 29.2 Å². The largest absolute Gasteiger partial charge is 0.437 e. The van der Waals surface area contributed by atoms with E-state index in [1.165, 1.54) is 0 Å². The maximum absolute atomic E-state index is 12.8.